The highest BCUT2D eigenvalue weighted by Crippen LogP contribution is 2.21. The van der Waals surface area contributed by atoms with Crippen molar-refractivity contribution in [3.63, 3.8) is 0 Å². The molecule has 19 heavy (non-hydrogen) atoms. The average molecular weight is 262 g/mol. The fraction of sp³-hybridized carbons (Fsp3) is 0.571. The van der Waals surface area contributed by atoms with Crippen LogP contribution >= 0.6 is 0 Å². The molecule has 5 heteroatoms. The molecular formula is C14H22N4O. The molecule has 1 fully saturated rings. The first kappa shape index (κ1) is 13.8. The number of piperidine rings is 1. The molecule has 1 aliphatic rings. The van der Waals surface area contributed by atoms with Crippen LogP contribution in [0.1, 0.15) is 18.4 Å². The zero-order valence-electron chi connectivity index (χ0n) is 11.6. The summed E-state index contributed by atoms with van der Waals surface area (Å²) in [4.78, 5) is 18.3. The second kappa shape index (κ2) is 6.52. The molecule has 2 heterocycles. The van der Waals surface area contributed by atoms with Crippen molar-refractivity contribution in [1.29, 1.82) is 0 Å². The lowest BCUT2D eigenvalue weighted by atomic mass is 9.95. The molecule has 1 aromatic heterocycles. The van der Waals surface area contributed by atoms with Gasteiger partial charge in [0.2, 0.25) is 5.91 Å². The molecule has 0 saturated carbocycles. The molecule has 0 atom stereocenters. The minimum absolute atomic E-state index is 0.178. The minimum Gasteiger partial charge on any atom is -0.373 e. The fourth-order valence-electron chi connectivity index (χ4n) is 2.59. The number of pyridine rings is 1. The lowest BCUT2D eigenvalue weighted by Crippen LogP contribution is -2.39. The first-order chi connectivity index (χ1) is 9.24. The van der Waals surface area contributed by atoms with Crippen LogP contribution in [0, 0.1) is 5.92 Å². The Kier molecular flexibility index (Phi) is 4.74. The van der Waals surface area contributed by atoms with Crippen LogP contribution in [-0.4, -0.2) is 43.0 Å². The summed E-state index contributed by atoms with van der Waals surface area (Å²) in [7, 11) is 3.60. The number of likely N-dealkylation sites (tertiary alicyclic amines) is 1. The van der Waals surface area contributed by atoms with Gasteiger partial charge >= 0.3 is 0 Å². The molecule has 1 aromatic rings. The maximum Gasteiger partial charge on any atom is 0.222 e. The van der Waals surface area contributed by atoms with Gasteiger partial charge in [0, 0.05) is 38.3 Å². The van der Waals surface area contributed by atoms with E-state index in [2.05, 4.69) is 26.6 Å². The van der Waals surface area contributed by atoms with Gasteiger partial charge < -0.3 is 10.6 Å². The van der Waals surface area contributed by atoms with Crippen LogP contribution in [-0.2, 0) is 11.3 Å². The van der Waals surface area contributed by atoms with E-state index in [-0.39, 0.29) is 11.8 Å². The molecule has 0 unspecified atom stereocenters. The van der Waals surface area contributed by atoms with Crippen LogP contribution in [0.4, 0.5) is 5.82 Å². The van der Waals surface area contributed by atoms with Crippen molar-refractivity contribution in [3.05, 3.63) is 23.9 Å². The van der Waals surface area contributed by atoms with Gasteiger partial charge in [-0.1, -0.05) is 6.07 Å². The molecule has 1 aliphatic heterocycles. The quantitative estimate of drug-likeness (QED) is 0.852. The molecule has 0 radical (unpaired) electrons. The van der Waals surface area contributed by atoms with Crippen molar-refractivity contribution in [1.82, 2.24) is 15.2 Å². The normalized spacial score (nSPS) is 17.2. The van der Waals surface area contributed by atoms with Crippen LogP contribution in [0.15, 0.2) is 18.3 Å². The van der Waals surface area contributed by atoms with Crippen LogP contribution in [0.2, 0.25) is 0 Å². The van der Waals surface area contributed by atoms with Crippen LogP contribution < -0.4 is 10.6 Å². The number of nitrogens with zero attached hydrogens (tertiary/aromatic N) is 2. The van der Waals surface area contributed by atoms with Crippen molar-refractivity contribution in [2.75, 3.05) is 32.5 Å². The molecule has 0 spiro atoms. The lowest BCUT2D eigenvalue weighted by molar-refractivity contribution is -0.125. The Labute approximate surface area is 114 Å². The van der Waals surface area contributed by atoms with Crippen molar-refractivity contribution >= 4 is 11.7 Å². The van der Waals surface area contributed by atoms with Gasteiger partial charge in [0.1, 0.15) is 5.82 Å². The van der Waals surface area contributed by atoms with E-state index in [0.717, 1.165) is 38.3 Å². The summed E-state index contributed by atoms with van der Waals surface area (Å²) >= 11 is 0. The van der Waals surface area contributed by atoms with Crippen molar-refractivity contribution in [2.45, 2.75) is 19.4 Å². The summed E-state index contributed by atoms with van der Waals surface area (Å²) in [6, 6.07) is 4.07. The number of nitrogens with one attached hydrogen (secondary N) is 2. The van der Waals surface area contributed by atoms with Crippen LogP contribution in [0.5, 0.6) is 0 Å². The number of rotatable bonds is 4. The Morgan fingerprint density at radius 3 is 2.79 bits per heavy atom. The van der Waals surface area contributed by atoms with Gasteiger partial charge in [-0.25, -0.2) is 4.98 Å². The number of anilines is 1. The van der Waals surface area contributed by atoms with Crippen molar-refractivity contribution < 1.29 is 4.79 Å². The van der Waals surface area contributed by atoms with Gasteiger partial charge in [0.15, 0.2) is 0 Å². The Morgan fingerprint density at radius 1 is 1.42 bits per heavy atom. The largest absolute Gasteiger partial charge is 0.373 e. The third-order valence-corrected chi connectivity index (χ3v) is 3.73. The molecule has 0 bridgehead atoms. The second-order valence-electron chi connectivity index (χ2n) is 4.93. The molecule has 0 aliphatic carbocycles. The molecule has 1 amide bonds. The number of hydrogen-bond donors (Lipinski definition) is 2. The van der Waals surface area contributed by atoms with Crippen molar-refractivity contribution in [2.24, 2.45) is 5.92 Å². The minimum atomic E-state index is 0.178. The molecule has 104 valence electrons. The summed E-state index contributed by atoms with van der Waals surface area (Å²) in [5.41, 5.74) is 1.21. The SMILES string of the molecule is CNC(=O)C1CCN(Cc2cccnc2NC)CC1. The number of aromatic nitrogens is 1. The molecule has 5 nitrogen and oxygen atoms in total. The van der Waals surface area contributed by atoms with E-state index in [0.29, 0.717) is 0 Å². The van der Waals surface area contributed by atoms with Gasteiger partial charge in [-0.2, -0.15) is 0 Å². The number of amides is 1. The van der Waals surface area contributed by atoms with Crippen molar-refractivity contribution in [3.8, 4) is 0 Å². The van der Waals surface area contributed by atoms with E-state index < -0.39 is 0 Å². The Hall–Kier alpha value is -1.62. The maximum absolute atomic E-state index is 11.6. The number of carbonyl (C=O) groups excluding carboxylic acids is 1. The third kappa shape index (κ3) is 3.44. The monoisotopic (exact) mass is 262 g/mol. The predicted octanol–water partition coefficient (Wildman–Crippen LogP) is 1.08. The van der Waals surface area contributed by atoms with Gasteiger partial charge in [0.25, 0.3) is 0 Å². The Bertz CT molecular complexity index is 427. The Balaban J connectivity index is 1.90. The molecule has 0 aromatic carbocycles. The second-order valence-corrected chi connectivity index (χ2v) is 4.93. The van der Waals surface area contributed by atoms with Crippen LogP contribution in [0.25, 0.3) is 0 Å². The van der Waals surface area contributed by atoms with E-state index in [1.54, 1.807) is 13.2 Å². The van der Waals surface area contributed by atoms with Gasteiger partial charge in [-0.3, -0.25) is 9.69 Å². The summed E-state index contributed by atoms with van der Waals surface area (Å²) < 4.78 is 0. The van der Waals surface area contributed by atoms with Gasteiger partial charge in [-0.05, 0) is 32.0 Å². The standard InChI is InChI=1S/C14H22N4O/c1-15-13-12(4-3-7-17-13)10-18-8-5-11(6-9-18)14(19)16-2/h3-4,7,11H,5-6,8-10H2,1-2H3,(H,15,17)(H,16,19). The van der Waals surface area contributed by atoms with E-state index >= 15 is 0 Å². The maximum atomic E-state index is 11.6. The number of carbonyl (C=O) groups is 1. The summed E-state index contributed by atoms with van der Waals surface area (Å²) in [6.07, 6.45) is 3.68. The molecule has 2 rings (SSSR count). The Morgan fingerprint density at radius 2 is 2.16 bits per heavy atom. The van der Waals surface area contributed by atoms with Gasteiger partial charge in [-0.15, -0.1) is 0 Å². The van der Waals surface area contributed by atoms with E-state index in [9.17, 15) is 4.79 Å². The smallest absolute Gasteiger partial charge is 0.222 e. The molecule has 2 N–H and O–H groups in total. The van der Waals surface area contributed by atoms with E-state index in [4.69, 9.17) is 0 Å². The zero-order valence-corrected chi connectivity index (χ0v) is 11.6. The number of hydrogen-bond acceptors (Lipinski definition) is 4. The summed E-state index contributed by atoms with van der Waals surface area (Å²) in [5, 5.41) is 5.86. The first-order valence-corrected chi connectivity index (χ1v) is 6.80. The van der Waals surface area contributed by atoms with E-state index in [1.165, 1.54) is 5.56 Å². The summed E-state index contributed by atoms with van der Waals surface area (Å²) in [6.45, 7) is 2.83. The fourth-order valence-corrected chi connectivity index (χ4v) is 2.59. The van der Waals surface area contributed by atoms with Crippen LogP contribution in [0.3, 0.4) is 0 Å². The molecular weight excluding hydrogens is 240 g/mol. The highest BCUT2D eigenvalue weighted by atomic mass is 16.1. The zero-order chi connectivity index (χ0) is 13.7. The topological polar surface area (TPSA) is 57.3 Å². The third-order valence-electron chi connectivity index (χ3n) is 3.73. The highest BCUT2D eigenvalue weighted by molar-refractivity contribution is 5.78. The van der Waals surface area contributed by atoms with Gasteiger partial charge in [0.05, 0.1) is 0 Å². The van der Waals surface area contributed by atoms with E-state index in [1.807, 2.05) is 13.1 Å². The predicted molar refractivity (Wildman–Crippen MR) is 75.9 cm³/mol. The first-order valence-electron chi connectivity index (χ1n) is 6.80. The molecule has 1 saturated heterocycles. The lowest BCUT2D eigenvalue weighted by Gasteiger charge is -2.31. The highest BCUT2D eigenvalue weighted by Gasteiger charge is 2.24. The summed E-state index contributed by atoms with van der Waals surface area (Å²) in [5.74, 6) is 1.30. The average Bonchev–Trinajstić information content (AvgIpc) is 2.48.